The van der Waals surface area contributed by atoms with Gasteiger partial charge in [-0.15, -0.1) is 0 Å². The van der Waals surface area contributed by atoms with E-state index in [4.69, 9.17) is 9.47 Å². The summed E-state index contributed by atoms with van der Waals surface area (Å²) >= 11 is 0. The molecule has 2 heterocycles. The summed E-state index contributed by atoms with van der Waals surface area (Å²) in [5.41, 5.74) is 0.435. The Balaban J connectivity index is 1.46. The van der Waals surface area contributed by atoms with E-state index in [0.29, 0.717) is 18.7 Å². The maximum absolute atomic E-state index is 12.4. The molecule has 2 saturated heterocycles. The van der Waals surface area contributed by atoms with Crippen LogP contribution in [0.15, 0.2) is 24.3 Å². The van der Waals surface area contributed by atoms with Crippen LogP contribution in [0.25, 0.3) is 0 Å². The third-order valence-corrected chi connectivity index (χ3v) is 4.98. The summed E-state index contributed by atoms with van der Waals surface area (Å²) in [5, 5.41) is 2.21. The third-order valence-electron chi connectivity index (χ3n) is 4.98. The lowest BCUT2D eigenvalue weighted by Crippen LogP contribution is -2.57. The minimum absolute atomic E-state index is 0.0629. The summed E-state index contributed by atoms with van der Waals surface area (Å²) in [4.78, 5) is 75.2. The molecule has 0 aliphatic carbocycles. The van der Waals surface area contributed by atoms with Crippen molar-refractivity contribution in [3.8, 4) is 5.75 Å². The number of carbonyl (C=O) groups excluding carboxylic acids is 6. The van der Waals surface area contributed by atoms with Gasteiger partial charge in [-0.05, 0) is 6.07 Å². The van der Waals surface area contributed by atoms with Gasteiger partial charge in [0.15, 0.2) is 6.73 Å². The molecule has 0 atom stereocenters. The molecule has 176 valence electrons. The Morgan fingerprint density at radius 1 is 0.909 bits per heavy atom. The highest BCUT2D eigenvalue weighted by Gasteiger charge is 2.32. The van der Waals surface area contributed by atoms with Crippen molar-refractivity contribution < 1.29 is 38.2 Å². The third kappa shape index (κ3) is 6.92. The van der Waals surface area contributed by atoms with E-state index in [0.717, 1.165) is 4.90 Å². The van der Waals surface area contributed by atoms with Crippen molar-refractivity contribution in [1.29, 1.82) is 0 Å². The van der Waals surface area contributed by atoms with Crippen LogP contribution in [0.1, 0.15) is 12.5 Å². The summed E-state index contributed by atoms with van der Waals surface area (Å²) in [7, 11) is 0. The standard InChI is InChI=1S/C21H24N4O8/c1-14(26)33-16-5-3-2-4-15(16)8-21(31)32-13-25-19(29)11-24(12-20(25)30)7-6-23-9-17(27)22-18(28)10-23/h2-5H,6-13H2,1H3,(H,22,27,28). The fraction of sp³-hybridized carbons (Fsp3) is 0.429. The summed E-state index contributed by atoms with van der Waals surface area (Å²) in [5.74, 6) is -2.80. The van der Waals surface area contributed by atoms with E-state index >= 15 is 0 Å². The molecule has 1 aromatic rings. The molecule has 12 nitrogen and oxygen atoms in total. The number of hydrogen-bond donors (Lipinski definition) is 1. The van der Waals surface area contributed by atoms with Gasteiger partial charge in [-0.1, -0.05) is 18.2 Å². The number of ether oxygens (including phenoxy) is 2. The number of esters is 2. The lowest BCUT2D eigenvalue weighted by molar-refractivity contribution is -0.163. The Morgan fingerprint density at radius 2 is 1.48 bits per heavy atom. The number of piperazine rings is 2. The van der Waals surface area contributed by atoms with Gasteiger partial charge in [0.2, 0.25) is 23.6 Å². The van der Waals surface area contributed by atoms with Crippen molar-refractivity contribution in [2.24, 2.45) is 0 Å². The Kier molecular flexibility index (Phi) is 7.85. The minimum Gasteiger partial charge on any atom is -0.443 e. The topological polar surface area (TPSA) is 143 Å². The molecule has 0 saturated carbocycles. The molecule has 0 unspecified atom stereocenters. The van der Waals surface area contributed by atoms with E-state index in [2.05, 4.69) is 5.32 Å². The zero-order valence-electron chi connectivity index (χ0n) is 18.1. The van der Waals surface area contributed by atoms with Gasteiger partial charge in [-0.25, -0.2) is 4.90 Å². The maximum Gasteiger partial charge on any atom is 0.312 e. The number of amides is 4. The van der Waals surface area contributed by atoms with E-state index < -0.39 is 30.5 Å². The highest BCUT2D eigenvalue weighted by molar-refractivity contribution is 6.00. The molecule has 0 aromatic heterocycles. The van der Waals surface area contributed by atoms with Crippen molar-refractivity contribution in [3.05, 3.63) is 29.8 Å². The number of rotatable bonds is 8. The Hall–Kier alpha value is -3.64. The van der Waals surface area contributed by atoms with Gasteiger partial charge in [0.05, 0.1) is 32.6 Å². The van der Waals surface area contributed by atoms with E-state index in [1.165, 1.54) is 6.92 Å². The first kappa shape index (κ1) is 24.0. The SMILES string of the molecule is CC(=O)Oc1ccccc1CC(=O)OCN1C(=O)CN(CCN2CC(=O)NC(=O)C2)CC1=O. The largest absolute Gasteiger partial charge is 0.443 e. The van der Waals surface area contributed by atoms with E-state index in [9.17, 15) is 28.8 Å². The quantitative estimate of drug-likeness (QED) is 0.270. The fourth-order valence-corrected chi connectivity index (χ4v) is 3.44. The summed E-state index contributed by atoms with van der Waals surface area (Å²) in [6.45, 7) is 1.41. The van der Waals surface area contributed by atoms with Crippen LogP contribution in [0.5, 0.6) is 5.75 Å². The van der Waals surface area contributed by atoms with Crippen molar-refractivity contribution in [3.63, 3.8) is 0 Å². The van der Waals surface area contributed by atoms with Gasteiger partial charge in [0.1, 0.15) is 5.75 Å². The smallest absolute Gasteiger partial charge is 0.312 e. The van der Waals surface area contributed by atoms with E-state index in [-0.39, 0.29) is 50.2 Å². The number of nitrogens with zero attached hydrogens (tertiary/aromatic N) is 3. The van der Waals surface area contributed by atoms with Crippen LogP contribution in [0.4, 0.5) is 0 Å². The number of carbonyl (C=O) groups is 6. The monoisotopic (exact) mass is 460 g/mol. The summed E-state index contributed by atoms with van der Waals surface area (Å²) in [6, 6.07) is 6.48. The molecule has 0 spiro atoms. The molecule has 2 aliphatic heterocycles. The van der Waals surface area contributed by atoms with Crippen LogP contribution >= 0.6 is 0 Å². The number of hydrogen-bond acceptors (Lipinski definition) is 10. The molecule has 2 fully saturated rings. The van der Waals surface area contributed by atoms with Crippen molar-refractivity contribution in [2.45, 2.75) is 13.3 Å². The average Bonchev–Trinajstić information content (AvgIpc) is 2.72. The van der Waals surface area contributed by atoms with Gasteiger partial charge in [0, 0.05) is 25.6 Å². The second-order valence-electron chi connectivity index (χ2n) is 7.63. The van der Waals surface area contributed by atoms with Crippen LogP contribution in [0.3, 0.4) is 0 Å². The first-order valence-electron chi connectivity index (χ1n) is 10.2. The van der Waals surface area contributed by atoms with Gasteiger partial charge in [-0.3, -0.25) is 43.9 Å². The Bertz CT molecular complexity index is 945. The van der Waals surface area contributed by atoms with E-state index in [1.807, 2.05) is 0 Å². The molecule has 33 heavy (non-hydrogen) atoms. The predicted molar refractivity (Wildman–Crippen MR) is 110 cm³/mol. The van der Waals surface area contributed by atoms with Gasteiger partial charge >= 0.3 is 11.9 Å². The average molecular weight is 460 g/mol. The molecule has 0 bridgehead atoms. The second-order valence-corrected chi connectivity index (χ2v) is 7.63. The lowest BCUT2D eigenvalue weighted by Gasteiger charge is -2.33. The molecule has 4 amide bonds. The highest BCUT2D eigenvalue weighted by atomic mass is 16.5. The molecule has 3 rings (SSSR count). The number of nitrogens with one attached hydrogen (secondary N) is 1. The van der Waals surface area contributed by atoms with Gasteiger partial charge < -0.3 is 9.47 Å². The minimum atomic E-state index is -0.689. The van der Waals surface area contributed by atoms with Gasteiger partial charge in [0.25, 0.3) is 0 Å². The van der Waals surface area contributed by atoms with Crippen LogP contribution in [0.2, 0.25) is 0 Å². The van der Waals surface area contributed by atoms with Crippen molar-refractivity contribution in [1.82, 2.24) is 20.0 Å². The van der Waals surface area contributed by atoms with Gasteiger partial charge in [-0.2, -0.15) is 0 Å². The van der Waals surface area contributed by atoms with Crippen LogP contribution in [0, 0.1) is 0 Å². The molecular formula is C21H24N4O8. The number of benzene rings is 1. The maximum atomic E-state index is 12.4. The summed E-state index contributed by atoms with van der Waals surface area (Å²) < 4.78 is 10.1. The lowest BCUT2D eigenvalue weighted by atomic mass is 10.1. The first-order valence-corrected chi connectivity index (χ1v) is 10.2. The zero-order valence-corrected chi connectivity index (χ0v) is 18.1. The highest BCUT2D eigenvalue weighted by Crippen LogP contribution is 2.19. The molecule has 1 aromatic carbocycles. The molecule has 2 aliphatic rings. The molecule has 0 radical (unpaired) electrons. The van der Waals surface area contributed by atoms with Crippen LogP contribution < -0.4 is 10.1 Å². The Labute approximate surface area is 189 Å². The number of para-hydroxylation sites is 1. The fourth-order valence-electron chi connectivity index (χ4n) is 3.44. The Morgan fingerprint density at radius 3 is 2.09 bits per heavy atom. The van der Waals surface area contributed by atoms with Crippen molar-refractivity contribution in [2.75, 3.05) is 46.0 Å². The first-order chi connectivity index (χ1) is 15.7. The van der Waals surface area contributed by atoms with Crippen LogP contribution in [-0.4, -0.2) is 96.3 Å². The molecule has 1 N–H and O–H groups in total. The normalized spacial score (nSPS) is 17.7. The summed E-state index contributed by atoms with van der Waals surface area (Å²) in [6.07, 6.45) is -0.200. The molecule has 12 heteroatoms. The van der Waals surface area contributed by atoms with E-state index in [1.54, 1.807) is 34.1 Å². The molecular weight excluding hydrogens is 436 g/mol. The second kappa shape index (κ2) is 10.8. The number of imide groups is 2. The zero-order chi connectivity index (χ0) is 24.0. The van der Waals surface area contributed by atoms with Crippen molar-refractivity contribution >= 4 is 35.6 Å². The van der Waals surface area contributed by atoms with Crippen LogP contribution in [-0.2, 0) is 39.9 Å². The predicted octanol–water partition coefficient (Wildman–Crippen LogP) is -1.72.